The summed E-state index contributed by atoms with van der Waals surface area (Å²) in [4.78, 5) is 16.5. The summed E-state index contributed by atoms with van der Waals surface area (Å²) in [5, 5.41) is 42.7. The summed E-state index contributed by atoms with van der Waals surface area (Å²) in [5.74, 6) is 0. The molecule has 0 spiro atoms. The Bertz CT molecular complexity index is 217. The topological polar surface area (TPSA) is 168 Å². The normalized spacial score (nSPS) is 16.7. The molecule has 0 fully saturated rings. The Balaban J connectivity index is 0. The zero-order valence-electron chi connectivity index (χ0n) is 9.25. The van der Waals surface area contributed by atoms with Crippen LogP contribution < -0.4 is 0 Å². The fourth-order valence-corrected chi connectivity index (χ4v) is 0.983. The molecule has 0 heterocycles. The fraction of sp³-hybridized carbons (Fsp3) is 1.00. The standard InChI is InChI=1S/C5H13O8P.C2H6O/c6-1-3(7)5(9)4(8)2-13-14(10,11)12;1-2-3/h3-9H,1-2H2,(H2,10,11,12);3H,2H2,1H3/t3-,4+,5+;/m0./s1. The summed E-state index contributed by atoms with van der Waals surface area (Å²) < 4.78 is 14.0. The molecule has 0 rings (SSSR count). The van der Waals surface area contributed by atoms with E-state index in [1.54, 1.807) is 6.92 Å². The molecule has 0 radical (unpaired) electrons. The van der Waals surface area contributed by atoms with Crippen molar-refractivity contribution in [2.45, 2.75) is 25.2 Å². The molecular weight excluding hydrogens is 259 g/mol. The van der Waals surface area contributed by atoms with Gasteiger partial charge in [-0.15, -0.1) is 0 Å². The lowest BCUT2D eigenvalue weighted by atomic mass is 10.1. The molecule has 9 nitrogen and oxygen atoms in total. The summed E-state index contributed by atoms with van der Waals surface area (Å²) in [6, 6.07) is 0. The summed E-state index contributed by atoms with van der Waals surface area (Å²) in [7, 11) is -4.71. The first-order valence-corrected chi connectivity index (χ1v) is 6.18. The van der Waals surface area contributed by atoms with Gasteiger partial charge in [0.15, 0.2) is 0 Å². The first kappa shape index (κ1) is 19.3. The SMILES string of the molecule is CCO.O=P(O)(O)OC[C@@H](O)[C@H](O)[C@@H](O)CO. The Kier molecular flexibility index (Phi) is 11.2. The van der Waals surface area contributed by atoms with E-state index in [1.807, 2.05) is 0 Å². The molecule has 0 aliphatic heterocycles. The maximum Gasteiger partial charge on any atom is 0.469 e. The maximum absolute atomic E-state index is 10.2. The Morgan fingerprint density at radius 1 is 1.12 bits per heavy atom. The Labute approximate surface area is 98.2 Å². The van der Waals surface area contributed by atoms with Gasteiger partial charge >= 0.3 is 7.82 Å². The number of phosphoric ester groups is 1. The number of aliphatic hydroxyl groups is 5. The van der Waals surface area contributed by atoms with Crippen LogP contribution in [0.3, 0.4) is 0 Å². The Morgan fingerprint density at radius 3 is 1.82 bits per heavy atom. The van der Waals surface area contributed by atoms with Gasteiger partial charge in [-0.2, -0.15) is 0 Å². The predicted molar refractivity (Wildman–Crippen MR) is 55.9 cm³/mol. The van der Waals surface area contributed by atoms with Crippen LogP contribution in [-0.4, -0.2) is 73.5 Å². The van der Waals surface area contributed by atoms with E-state index < -0.39 is 39.3 Å². The minimum atomic E-state index is -4.71. The van der Waals surface area contributed by atoms with Crippen LogP contribution in [0.1, 0.15) is 6.92 Å². The van der Waals surface area contributed by atoms with Gasteiger partial charge < -0.3 is 35.3 Å². The molecule has 0 amide bonds. The highest BCUT2D eigenvalue weighted by Crippen LogP contribution is 2.35. The molecule has 0 saturated carbocycles. The van der Waals surface area contributed by atoms with Crippen molar-refractivity contribution in [1.29, 1.82) is 0 Å². The molecule has 3 atom stereocenters. The van der Waals surface area contributed by atoms with Crippen molar-refractivity contribution in [3.8, 4) is 0 Å². The van der Waals surface area contributed by atoms with E-state index >= 15 is 0 Å². The molecule has 0 aromatic carbocycles. The van der Waals surface area contributed by atoms with Crippen LogP contribution in [0.15, 0.2) is 0 Å². The molecule has 0 bridgehead atoms. The monoisotopic (exact) mass is 278 g/mol. The van der Waals surface area contributed by atoms with Crippen LogP contribution in [0.4, 0.5) is 0 Å². The van der Waals surface area contributed by atoms with Crippen LogP contribution in [-0.2, 0) is 9.09 Å². The number of phosphoric acid groups is 1. The van der Waals surface area contributed by atoms with E-state index in [9.17, 15) is 4.57 Å². The average molecular weight is 278 g/mol. The third kappa shape index (κ3) is 12.2. The number of hydrogen-bond donors (Lipinski definition) is 7. The molecule has 7 N–H and O–H groups in total. The quantitative estimate of drug-likeness (QED) is 0.253. The second-order valence-electron chi connectivity index (χ2n) is 2.91. The molecule has 0 aliphatic rings. The Morgan fingerprint density at radius 2 is 1.53 bits per heavy atom. The molecule has 106 valence electrons. The van der Waals surface area contributed by atoms with Gasteiger partial charge in [0.25, 0.3) is 0 Å². The third-order valence-electron chi connectivity index (χ3n) is 1.39. The first-order valence-electron chi connectivity index (χ1n) is 4.65. The maximum atomic E-state index is 10.2. The first-order chi connectivity index (χ1) is 7.69. The second-order valence-corrected chi connectivity index (χ2v) is 4.15. The van der Waals surface area contributed by atoms with Gasteiger partial charge in [-0.1, -0.05) is 0 Å². The van der Waals surface area contributed by atoms with Crippen molar-refractivity contribution < 1.29 is 44.4 Å². The third-order valence-corrected chi connectivity index (χ3v) is 1.87. The van der Waals surface area contributed by atoms with E-state index in [0.717, 1.165) is 0 Å². The summed E-state index contributed by atoms with van der Waals surface area (Å²) in [5.41, 5.74) is 0. The fourth-order valence-electron chi connectivity index (χ4n) is 0.636. The Hall–Kier alpha value is -0.0900. The highest BCUT2D eigenvalue weighted by Gasteiger charge is 2.26. The summed E-state index contributed by atoms with van der Waals surface area (Å²) in [6.45, 7) is 0.302. The van der Waals surface area contributed by atoms with Crippen molar-refractivity contribution in [3.63, 3.8) is 0 Å². The number of hydrogen-bond acceptors (Lipinski definition) is 7. The van der Waals surface area contributed by atoms with E-state index in [0.29, 0.717) is 0 Å². The highest BCUT2D eigenvalue weighted by molar-refractivity contribution is 7.46. The van der Waals surface area contributed by atoms with E-state index in [1.165, 1.54) is 0 Å². The second kappa shape index (κ2) is 9.89. The van der Waals surface area contributed by atoms with Gasteiger partial charge in [0.2, 0.25) is 0 Å². The van der Waals surface area contributed by atoms with Gasteiger partial charge in [-0.3, -0.25) is 4.52 Å². The predicted octanol–water partition coefficient (Wildman–Crippen LogP) is -2.83. The van der Waals surface area contributed by atoms with Gasteiger partial charge in [-0.05, 0) is 6.92 Å². The molecule has 0 aromatic heterocycles. The molecule has 17 heavy (non-hydrogen) atoms. The van der Waals surface area contributed by atoms with Crippen LogP contribution in [0.25, 0.3) is 0 Å². The lowest BCUT2D eigenvalue weighted by Gasteiger charge is -2.21. The smallest absolute Gasteiger partial charge is 0.397 e. The van der Waals surface area contributed by atoms with Crippen LogP contribution >= 0.6 is 7.82 Å². The molecular formula is C7H19O9P. The van der Waals surface area contributed by atoms with Gasteiger partial charge in [0.05, 0.1) is 13.2 Å². The average Bonchev–Trinajstić information content (AvgIpc) is 2.23. The van der Waals surface area contributed by atoms with Crippen LogP contribution in [0.2, 0.25) is 0 Å². The van der Waals surface area contributed by atoms with E-state index in [4.69, 9.17) is 35.3 Å². The zero-order valence-corrected chi connectivity index (χ0v) is 10.1. The van der Waals surface area contributed by atoms with Crippen molar-refractivity contribution in [1.82, 2.24) is 0 Å². The number of rotatable bonds is 6. The summed E-state index contributed by atoms with van der Waals surface area (Å²) >= 11 is 0. The van der Waals surface area contributed by atoms with Crippen molar-refractivity contribution in [3.05, 3.63) is 0 Å². The molecule has 0 aromatic rings. The van der Waals surface area contributed by atoms with Crippen LogP contribution in [0.5, 0.6) is 0 Å². The van der Waals surface area contributed by atoms with Crippen molar-refractivity contribution in [2.24, 2.45) is 0 Å². The molecule has 0 saturated heterocycles. The number of aliphatic hydroxyl groups excluding tert-OH is 5. The molecule has 0 aliphatic carbocycles. The largest absolute Gasteiger partial charge is 0.469 e. The zero-order chi connectivity index (χ0) is 14.1. The highest BCUT2D eigenvalue weighted by atomic mass is 31.2. The molecule has 10 heteroatoms. The van der Waals surface area contributed by atoms with Crippen molar-refractivity contribution >= 4 is 7.82 Å². The lowest BCUT2D eigenvalue weighted by molar-refractivity contribution is -0.0891. The molecule has 0 unspecified atom stereocenters. The van der Waals surface area contributed by atoms with E-state index in [2.05, 4.69) is 4.52 Å². The minimum absolute atomic E-state index is 0.250. The lowest BCUT2D eigenvalue weighted by Crippen LogP contribution is -2.41. The van der Waals surface area contributed by atoms with Crippen molar-refractivity contribution in [2.75, 3.05) is 19.8 Å². The summed E-state index contributed by atoms with van der Waals surface area (Å²) in [6.07, 6.45) is -5.01. The van der Waals surface area contributed by atoms with E-state index in [-0.39, 0.29) is 6.61 Å². The van der Waals surface area contributed by atoms with Gasteiger partial charge in [-0.25, -0.2) is 4.57 Å². The van der Waals surface area contributed by atoms with Crippen LogP contribution in [0, 0.1) is 0 Å². The minimum Gasteiger partial charge on any atom is -0.397 e. The van der Waals surface area contributed by atoms with Gasteiger partial charge in [0.1, 0.15) is 18.3 Å². The van der Waals surface area contributed by atoms with Gasteiger partial charge in [0, 0.05) is 6.61 Å².